The van der Waals surface area contributed by atoms with Crippen LogP contribution in [0.3, 0.4) is 0 Å². The Bertz CT molecular complexity index is 1470. The van der Waals surface area contributed by atoms with Crippen molar-refractivity contribution in [3.63, 3.8) is 0 Å². The Morgan fingerprint density at radius 1 is 1.08 bits per heavy atom. The molecule has 0 aliphatic heterocycles. The molecule has 206 valence electrons. The number of amides is 2. The Labute approximate surface area is 227 Å². The maximum absolute atomic E-state index is 13.7. The molecule has 0 fully saturated rings. The fraction of sp³-hybridized carbons (Fsp3) is 0.259. The predicted molar refractivity (Wildman–Crippen MR) is 148 cm³/mol. The van der Waals surface area contributed by atoms with Crippen molar-refractivity contribution in [3.8, 4) is 5.75 Å². The fourth-order valence-electron chi connectivity index (χ4n) is 3.65. The Hall–Kier alpha value is -4.45. The van der Waals surface area contributed by atoms with Crippen LogP contribution in [0.2, 0.25) is 0 Å². The molecule has 1 atom stereocenters. The van der Waals surface area contributed by atoms with E-state index in [1.807, 2.05) is 13.8 Å². The minimum atomic E-state index is -4.43. The third kappa shape index (κ3) is 6.90. The Kier molecular flexibility index (Phi) is 9.25. The van der Waals surface area contributed by atoms with Crippen LogP contribution in [0.25, 0.3) is 0 Å². The Morgan fingerprint density at radius 3 is 2.36 bits per heavy atom. The van der Waals surface area contributed by atoms with E-state index in [1.165, 1.54) is 50.4 Å². The van der Waals surface area contributed by atoms with Crippen molar-refractivity contribution in [1.82, 2.24) is 5.32 Å². The summed E-state index contributed by atoms with van der Waals surface area (Å²) in [5, 5.41) is 16.9. The molecule has 0 unspecified atom stereocenters. The average molecular weight is 555 g/mol. The van der Waals surface area contributed by atoms with Crippen LogP contribution >= 0.6 is 0 Å². The second kappa shape index (κ2) is 12.4. The van der Waals surface area contributed by atoms with Gasteiger partial charge in [0.25, 0.3) is 21.6 Å². The number of hydrogen-bond acceptors (Lipinski definition) is 7. The molecule has 2 amide bonds. The van der Waals surface area contributed by atoms with Gasteiger partial charge in [-0.05, 0) is 62.7 Å². The highest BCUT2D eigenvalue weighted by Crippen LogP contribution is 2.29. The average Bonchev–Trinajstić information content (AvgIpc) is 2.91. The largest absolute Gasteiger partial charge is 0.497 e. The van der Waals surface area contributed by atoms with Crippen molar-refractivity contribution >= 4 is 38.9 Å². The third-order valence-corrected chi connectivity index (χ3v) is 7.82. The van der Waals surface area contributed by atoms with Crippen LogP contribution in [0, 0.1) is 17.0 Å². The summed E-state index contributed by atoms with van der Waals surface area (Å²) in [6.45, 7) is 4.61. The van der Waals surface area contributed by atoms with Crippen LogP contribution in [0.5, 0.6) is 5.75 Å². The predicted octanol–water partition coefficient (Wildman–Crippen LogP) is 4.27. The lowest BCUT2D eigenvalue weighted by molar-refractivity contribution is -0.385. The lowest BCUT2D eigenvalue weighted by Gasteiger charge is -2.24. The Morgan fingerprint density at radius 2 is 1.74 bits per heavy atom. The highest BCUT2D eigenvalue weighted by molar-refractivity contribution is 7.92. The normalized spacial score (nSPS) is 11.8. The molecule has 0 radical (unpaired) electrons. The number of para-hydroxylation sites is 1. The number of nitrogens with zero attached hydrogens (tertiary/aromatic N) is 2. The van der Waals surface area contributed by atoms with E-state index in [0.717, 1.165) is 10.4 Å². The molecule has 0 saturated heterocycles. The first-order valence-corrected chi connectivity index (χ1v) is 13.5. The standard InChI is InChI=1S/C27H30N4O7S/c1-5-19(3)28-27(33)23-8-6-7-9-24(23)29-26(32)17-30(20-11-13-21(38-4)14-12-20)39(36,37)22-15-10-18(2)25(16-22)31(34)35/h6-16,19H,5,17H2,1-4H3,(H,28,33)(H,29,32)/t19-/m0/s1. The molecule has 3 aromatic carbocycles. The summed E-state index contributed by atoms with van der Waals surface area (Å²) in [4.78, 5) is 36.4. The number of rotatable bonds is 11. The fourth-order valence-corrected chi connectivity index (χ4v) is 5.09. The number of nitro benzene ring substituents is 1. The zero-order chi connectivity index (χ0) is 28.7. The van der Waals surface area contributed by atoms with E-state index in [-0.39, 0.29) is 39.5 Å². The van der Waals surface area contributed by atoms with Gasteiger partial charge >= 0.3 is 0 Å². The van der Waals surface area contributed by atoms with Crippen LogP contribution in [0.1, 0.15) is 36.2 Å². The first-order chi connectivity index (χ1) is 18.5. The minimum absolute atomic E-state index is 0.0875. The minimum Gasteiger partial charge on any atom is -0.497 e. The summed E-state index contributed by atoms with van der Waals surface area (Å²) >= 11 is 0. The molecule has 12 heteroatoms. The van der Waals surface area contributed by atoms with Gasteiger partial charge in [-0.1, -0.05) is 25.1 Å². The molecule has 0 aliphatic rings. The van der Waals surface area contributed by atoms with E-state index < -0.39 is 27.4 Å². The molecular weight excluding hydrogens is 524 g/mol. The van der Waals surface area contributed by atoms with Crippen LogP contribution in [-0.4, -0.2) is 44.9 Å². The first kappa shape index (κ1) is 29.1. The van der Waals surface area contributed by atoms with E-state index in [2.05, 4.69) is 10.6 Å². The van der Waals surface area contributed by atoms with E-state index in [1.54, 1.807) is 24.3 Å². The summed E-state index contributed by atoms with van der Waals surface area (Å²) in [6, 6.07) is 15.8. The molecule has 3 rings (SSSR count). The molecule has 0 bridgehead atoms. The smallest absolute Gasteiger partial charge is 0.273 e. The molecular formula is C27H30N4O7S. The number of carbonyl (C=O) groups is 2. The lowest BCUT2D eigenvalue weighted by atomic mass is 10.1. The zero-order valence-electron chi connectivity index (χ0n) is 22.0. The highest BCUT2D eigenvalue weighted by atomic mass is 32.2. The lowest BCUT2D eigenvalue weighted by Crippen LogP contribution is -2.38. The van der Waals surface area contributed by atoms with Crippen LogP contribution < -0.4 is 19.7 Å². The number of hydrogen-bond donors (Lipinski definition) is 2. The molecule has 0 aliphatic carbocycles. The van der Waals surface area contributed by atoms with Crippen molar-refractivity contribution in [3.05, 3.63) is 88.0 Å². The maximum atomic E-state index is 13.7. The summed E-state index contributed by atoms with van der Waals surface area (Å²) in [5.74, 6) is -0.639. The molecule has 3 aromatic rings. The van der Waals surface area contributed by atoms with Crippen molar-refractivity contribution in [2.75, 3.05) is 23.3 Å². The molecule has 11 nitrogen and oxygen atoms in total. The SMILES string of the molecule is CC[C@H](C)NC(=O)c1ccccc1NC(=O)CN(c1ccc(OC)cc1)S(=O)(=O)c1ccc(C)c([N+](=O)[O-])c1. The number of ether oxygens (including phenoxy) is 1. The van der Waals surface area contributed by atoms with Gasteiger partial charge in [0.2, 0.25) is 5.91 Å². The topological polar surface area (TPSA) is 148 Å². The van der Waals surface area contributed by atoms with E-state index in [9.17, 15) is 28.1 Å². The second-order valence-electron chi connectivity index (χ2n) is 8.79. The number of sulfonamides is 1. The molecule has 39 heavy (non-hydrogen) atoms. The second-order valence-corrected chi connectivity index (χ2v) is 10.7. The number of carbonyl (C=O) groups excluding carboxylic acids is 2. The molecule has 0 heterocycles. The number of aryl methyl sites for hydroxylation is 1. The van der Waals surface area contributed by atoms with Gasteiger partial charge in [-0.25, -0.2) is 8.42 Å². The van der Waals surface area contributed by atoms with Gasteiger partial charge in [0.15, 0.2) is 0 Å². The van der Waals surface area contributed by atoms with Crippen LogP contribution in [0.4, 0.5) is 17.1 Å². The van der Waals surface area contributed by atoms with Gasteiger partial charge in [-0.15, -0.1) is 0 Å². The molecule has 0 spiro atoms. The molecule has 2 N–H and O–H groups in total. The quantitative estimate of drug-likeness (QED) is 0.266. The number of benzene rings is 3. The summed E-state index contributed by atoms with van der Waals surface area (Å²) in [7, 11) is -2.98. The van der Waals surface area contributed by atoms with Crippen molar-refractivity contribution < 1.29 is 27.7 Å². The van der Waals surface area contributed by atoms with Crippen LogP contribution in [0.15, 0.2) is 71.6 Å². The van der Waals surface area contributed by atoms with Gasteiger partial charge in [-0.2, -0.15) is 0 Å². The third-order valence-electron chi connectivity index (χ3n) is 6.05. The highest BCUT2D eigenvalue weighted by Gasteiger charge is 2.30. The molecule has 0 saturated carbocycles. The van der Waals surface area contributed by atoms with Gasteiger partial charge in [0.05, 0.1) is 33.9 Å². The Balaban J connectivity index is 1.98. The monoisotopic (exact) mass is 554 g/mol. The van der Waals surface area contributed by atoms with Gasteiger partial charge in [0.1, 0.15) is 12.3 Å². The number of nitro groups is 1. The number of nitrogens with one attached hydrogen (secondary N) is 2. The van der Waals surface area contributed by atoms with Gasteiger partial charge < -0.3 is 15.4 Å². The first-order valence-electron chi connectivity index (χ1n) is 12.1. The summed E-state index contributed by atoms with van der Waals surface area (Å²) < 4.78 is 33.4. The van der Waals surface area contributed by atoms with Crippen molar-refractivity contribution in [2.24, 2.45) is 0 Å². The van der Waals surface area contributed by atoms with Crippen molar-refractivity contribution in [2.45, 2.75) is 38.1 Å². The number of anilines is 2. The van der Waals surface area contributed by atoms with E-state index in [0.29, 0.717) is 17.7 Å². The number of methoxy groups -OCH3 is 1. The summed E-state index contributed by atoms with van der Waals surface area (Å²) in [5.41, 5.74) is 0.494. The van der Waals surface area contributed by atoms with Gasteiger partial charge in [0, 0.05) is 17.7 Å². The van der Waals surface area contributed by atoms with Crippen LogP contribution in [-0.2, 0) is 14.8 Å². The van der Waals surface area contributed by atoms with E-state index >= 15 is 0 Å². The molecule has 0 aromatic heterocycles. The summed E-state index contributed by atoms with van der Waals surface area (Å²) in [6.07, 6.45) is 0.714. The van der Waals surface area contributed by atoms with Crippen molar-refractivity contribution in [1.29, 1.82) is 0 Å². The van der Waals surface area contributed by atoms with Gasteiger partial charge in [-0.3, -0.25) is 24.0 Å². The zero-order valence-corrected chi connectivity index (χ0v) is 22.8. The maximum Gasteiger partial charge on any atom is 0.273 e. The van der Waals surface area contributed by atoms with E-state index in [4.69, 9.17) is 4.74 Å².